The van der Waals surface area contributed by atoms with Gasteiger partial charge in [0.1, 0.15) is 5.54 Å². The van der Waals surface area contributed by atoms with Crippen LogP contribution in [0.1, 0.15) is 74.3 Å². The number of aryl methyl sites for hydroxylation is 1. The van der Waals surface area contributed by atoms with Crippen molar-refractivity contribution in [3.8, 4) is 0 Å². The SMILES string of the molecule is CC(=O)N1C=Cc2ccccc2[C@@H]1CC(=O)NC1(c2noc(C)n2)CCCCC1. The molecule has 0 spiro atoms. The van der Waals surface area contributed by atoms with E-state index in [2.05, 4.69) is 15.5 Å². The van der Waals surface area contributed by atoms with Crippen LogP contribution < -0.4 is 5.32 Å². The van der Waals surface area contributed by atoms with Gasteiger partial charge in [-0.2, -0.15) is 4.98 Å². The average Bonchev–Trinajstić information content (AvgIpc) is 3.16. The van der Waals surface area contributed by atoms with E-state index in [0.29, 0.717) is 11.7 Å². The molecule has 0 bridgehead atoms. The van der Waals surface area contributed by atoms with Crippen LogP contribution in [-0.2, 0) is 15.1 Å². The van der Waals surface area contributed by atoms with Gasteiger partial charge in [0.15, 0.2) is 5.82 Å². The van der Waals surface area contributed by atoms with Crippen LogP contribution in [0, 0.1) is 6.92 Å². The third-order valence-corrected chi connectivity index (χ3v) is 5.89. The smallest absolute Gasteiger partial charge is 0.223 e. The van der Waals surface area contributed by atoms with Crippen molar-refractivity contribution < 1.29 is 14.1 Å². The number of amides is 2. The molecule has 2 aromatic rings. The Morgan fingerprint density at radius 2 is 2.00 bits per heavy atom. The van der Waals surface area contributed by atoms with Crippen molar-refractivity contribution >= 4 is 17.9 Å². The first-order valence-electron chi connectivity index (χ1n) is 10.2. The van der Waals surface area contributed by atoms with Crippen molar-refractivity contribution in [2.75, 3.05) is 0 Å². The topological polar surface area (TPSA) is 88.3 Å². The van der Waals surface area contributed by atoms with E-state index in [0.717, 1.165) is 43.2 Å². The van der Waals surface area contributed by atoms with Gasteiger partial charge in [0.2, 0.25) is 17.7 Å². The van der Waals surface area contributed by atoms with Gasteiger partial charge in [-0.25, -0.2) is 0 Å². The molecule has 0 saturated heterocycles. The third-order valence-electron chi connectivity index (χ3n) is 5.89. The minimum absolute atomic E-state index is 0.0882. The zero-order valence-corrected chi connectivity index (χ0v) is 16.9. The molecule has 1 aliphatic carbocycles. The number of carbonyl (C=O) groups excluding carboxylic acids is 2. The molecule has 1 aromatic carbocycles. The van der Waals surface area contributed by atoms with Crippen LogP contribution in [0.5, 0.6) is 0 Å². The lowest BCUT2D eigenvalue weighted by atomic mass is 9.80. The van der Waals surface area contributed by atoms with Gasteiger partial charge in [0.05, 0.1) is 12.5 Å². The van der Waals surface area contributed by atoms with E-state index in [-0.39, 0.29) is 24.3 Å². The molecule has 1 aliphatic heterocycles. The quantitative estimate of drug-likeness (QED) is 0.856. The summed E-state index contributed by atoms with van der Waals surface area (Å²) in [6.07, 6.45) is 8.57. The highest BCUT2D eigenvalue weighted by Gasteiger charge is 2.40. The normalized spacial score (nSPS) is 20.2. The monoisotopic (exact) mass is 394 g/mol. The summed E-state index contributed by atoms with van der Waals surface area (Å²) in [7, 11) is 0. The summed E-state index contributed by atoms with van der Waals surface area (Å²) in [5.41, 5.74) is 1.41. The minimum Gasteiger partial charge on any atom is -0.343 e. The fourth-order valence-electron chi connectivity index (χ4n) is 4.46. The highest BCUT2D eigenvalue weighted by Crippen LogP contribution is 2.37. The Labute approximate surface area is 170 Å². The van der Waals surface area contributed by atoms with Gasteiger partial charge in [-0.1, -0.05) is 48.7 Å². The lowest BCUT2D eigenvalue weighted by Gasteiger charge is -2.37. The lowest BCUT2D eigenvalue weighted by molar-refractivity contribution is -0.130. The molecular weight excluding hydrogens is 368 g/mol. The Hall–Kier alpha value is -2.96. The molecule has 29 heavy (non-hydrogen) atoms. The molecule has 1 atom stereocenters. The van der Waals surface area contributed by atoms with Crippen LogP contribution >= 0.6 is 0 Å². The van der Waals surface area contributed by atoms with Crippen molar-refractivity contribution in [3.63, 3.8) is 0 Å². The number of benzene rings is 1. The van der Waals surface area contributed by atoms with Gasteiger partial charge in [0.25, 0.3) is 0 Å². The molecule has 152 valence electrons. The molecule has 2 amide bonds. The molecule has 2 heterocycles. The van der Waals surface area contributed by atoms with Crippen LogP contribution in [-0.4, -0.2) is 26.9 Å². The molecule has 2 aliphatic rings. The zero-order chi connectivity index (χ0) is 20.4. The summed E-state index contributed by atoms with van der Waals surface area (Å²) >= 11 is 0. The van der Waals surface area contributed by atoms with E-state index < -0.39 is 5.54 Å². The number of rotatable bonds is 4. The van der Waals surface area contributed by atoms with Crippen molar-refractivity contribution in [1.29, 1.82) is 0 Å². The van der Waals surface area contributed by atoms with Crippen molar-refractivity contribution in [2.24, 2.45) is 0 Å². The van der Waals surface area contributed by atoms with E-state index >= 15 is 0 Å². The van der Waals surface area contributed by atoms with Crippen LogP contribution in [0.2, 0.25) is 0 Å². The number of aromatic nitrogens is 2. The maximum atomic E-state index is 13.2. The van der Waals surface area contributed by atoms with Crippen LogP contribution in [0.4, 0.5) is 0 Å². The number of hydrogen-bond donors (Lipinski definition) is 1. The Morgan fingerprint density at radius 1 is 1.24 bits per heavy atom. The summed E-state index contributed by atoms with van der Waals surface area (Å²) in [4.78, 5) is 31.4. The molecule has 1 saturated carbocycles. The molecule has 4 rings (SSSR count). The Kier molecular flexibility index (Phi) is 5.22. The average molecular weight is 394 g/mol. The number of fused-ring (bicyclic) bond motifs is 1. The minimum atomic E-state index is -0.599. The lowest BCUT2D eigenvalue weighted by Crippen LogP contribution is -2.49. The van der Waals surface area contributed by atoms with Crippen molar-refractivity contribution in [2.45, 2.75) is 64.0 Å². The van der Waals surface area contributed by atoms with Gasteiger partial charge >= 0.3 is 0 Å². The molecule has 7 heteroatoms. The van der Waals surface area contributed by atoms with Gasteiger partial charge in [-0.05, 0) is 30.0 Å². The second-order valence-corrected chi connectivity index (χ2v) is 7.92. The Bertz CT molecular complexity index is 943. The zero-order valence-electron chi connectivity index (χ0n) is 16.9. The number of nitrogens with zero attached hydrogens (tertiary/aromatic N) is 3. The standard InChI is InChI=1S/C22H26N4O3/c1-15-23-21(25-29-15)22(11-6-3-7-12-22)24-20(28)14-19-18-9-5-4-8-17(18)10-13-26(19)16(2)27/h4-5,8-10,13,19H,3,6-7,11-12,14H2,1-2H3,(H,24,28)/t19-/m0/s1. The first-order valence-corrected chi connectivity index (χ1v) is 10.2. The van der Waals surface area contributed by atoms with Crippen molar-refractivity contribution in [1.82, 2.24) is 20.4 Å². The van der Waals surface area contributed by atoms with E-state index in [9.17, 15) is 9.59 Å². The highest BCUT2D eigenvalue weighted by molar-refractivity contribution is 5.82. The fraction of sp³-hybridized carbons (Fsp3) is 0.455. The van der Waals surface area contributed by atoms with Crippen LogP contribution in [0.25, 0.3) is 6.08 Å². The van der Waals surface area contributed by atoms with E-state index in [1.165, 1.54) is 6.92 Å². The Morgan fingerprint density at radius 3 is 2.69 bits per heavy atom. The molecule has 1 aromatic heterocycles. The van der Waals surface area contributed by atoms with Gasteiger partial charge < -0.3 is 14.7 Å². The summed E-state index contributed by atoms with van der Waals surface area (Å²) < 4.78 is 5.19. The van der Waals surface area contributed by atoms with Gasteiger partial charge in [0, 0.05) is 20.0 Å². The van der Waals surface area contributed by atoms with Crippen molar-refractivity contribution in [3.05, 3.63) is 53.3 Å². The number of hydrogen-bond acceptors (Lipinski definition) is 5. The summed E-state index contributed by atoms with van der Waals surface area (Å²) in [5, 5.41) is 7.33. The number of nitrogens with one attached hydrogen (secondary N) is 1. The Balaban J connectivity index is 1.58. The van der Waals surface area contributed by atoms with Gasteiger partial charge in [-0.15, -0.1) is 0 Å². The predicted molar refractivity (Wildman–Crippen MR) is 107 cm³/mol. The van der Waals surface area contributed by atoms with E-state index in [1.807, 2.05) is 30.3 Å². The largest absolute Gasteiger partial charge is 0.343 e. The molecule has 0 radical (unpaired) electrons. The molecular formula is C22H26N4O3. The summed E-state index contributed by atoms with van der Waals surface area (Å²) in [6, 6.07) is 7.54. The van der Waals surface area contributed by atoms with Crippen LogP contribution in [0.3, 0.4) is 0 Å². The van der Waals surface area contributed by atoms with E-state index in [4.69, 9.17) is 4.52 Å². The fourth-order valence-corrected chi connectivity index (χ4v) is 4.46. The first kappa shape index (κ1) is 19.4. The molecule has 7 nitrogen and oxygen atoms in total. The summed E-state index contributed by atoms with van der Waals surface area (Å²) in [6.45, 7) is 3.28. The third kappa shape index (κ3) is 3.81. The summed E-state index contributed by atoms with van der Waals surface area (Å²) in [5.74, 6) is 0.842. The number of carbonyl (C=O) groups is 2. The maximum Gasteiger partial charge on any atom is 0.223 e. The first-order chi connectivity index (χ1) is 14.0. The molecule has 1 N–H and O–H groups in total. The maximum absolute atomic E-state index is 13.2. The molecule has 0 unspecified atom stereocenters. The van der Waals surface area contributed by atoms with Gasteiger partial charge in [-0.3, -0.25) is 9.59 Å². The van der Waals surface area contributed by atoms with E-state index in [1.54, 1.807) is 18.0 Å². The second kappa shape index (κ2) is 7.81. The predicted octanol–water partition coefficient (Wildman–Crippen LogP) is 3.62. The molecule has 1 fully saturated rings. The second-order valence-electron chi connectivity index (χ2n) is 7.92. The van der Waals surface area contributed by atoms with Crippen LogP contribution in [0.15, 0.2) is 35.0 Å². The highest BCUT2D eigenvalue weighted by atomic mass is 16.5.